The minimum Gasteiger partial charge on any atom is -0.423 e. The Kier molecular flexibility index (Phi) is 3.35. The number of halogens is 3. The normalized spacial score (nSPS) is 10.5. The Bertz CT molecular complexity index is 592. The van der Waals surface area contributed by atoms with Gasteiger partial charge in [-0.3, -0.25) is 4.98 Å². The fourth-order valence-electron chi connectivity index (χ4n) is 1.50. The lowest BCUT2D eigenvalue weighted by Crippen LogP contribution is -2.29. The highest BCUT2D eigenvalue weighted by Gasteiger charge is 2.17. The van der Waals surface area contributed by atoms with Gasteiger partial charge in [0.1, 0.15) is 17.3 Å². The van der Waals surface area contributed by atoms with Crippen molar-refractivity contribution in [1.82, 2.24) is 4.98 Å². The van der Waals surface area contributed by atoms with Gasteiger partial charge in [0.25, 0.3) is 0 Å². The number of pyridine rings is 1. The van der Waals surface area contributed by atoms with Gasteiger partial charge in [0, 0.05) is 11.6 Å². The second-order valence-electron chi connectivity index (χ2n) is 3.60. The van der Waals surface area contributed by atoms with Crippen LogP contribution in [-0.2, 0) is 0 Å². The molecule has 1 heterocycles. The molecule has 2 N–H and O–H groups in total. The van der Waals surface area contributed by atoms with Gasteiger partial charge in [-0.1, -0.05) is 6.07 Å². The first-order valence-electron chi connectivity index (χ1n) is 4.96. The molecule has 3 nitrogen and oxygen atoms in total. The van der Waals surface area contributed by atoms with Gasteiger partial charge in [0.05, 0.1) is 6.20 Å². The second kappa shape index (κ2) is 4.79. The van der Waals surface area contributed by atoms with Crippen LogP contribution in [0.25, 0.3) is 11.3 Å². The van der Waals surface area contributed by atoms with Gasteiger partial charge >= 0.3 is 7.12 Å². The van der Waals surface area contributed by atoms with Crippen LogP contribution >= 0.6 is 0 Å². The summed E-state index contributed by atoms with van der Waals surface area (Å²) in [6, 6.07) is 3.71. The zero-order valence-corrected chi connectivity index (χ0v) is 8.94. The van der Waals surface area contributed by atoms with Crippen molar-refractivity contribution in [3.8, 4) is 11.3 Å². The van der Waals surface area contributed by atoms with E-state index in [4.69, 9.17) is 10.0 Å². The Balaban J connectivity index is 2.59. The number of hydrogen-bond donors (Lipinski definition) is 2. The molecule has 92 valence electrons. The van der Waals surface area contributed by atoms with Gasteiger partial charge in [-0.2, -0.15) is 0 Å². The first kappa shape index (κ1) is 12.6. The number of hydrogen-bond acceptors (Lipinski definition) is 3. The van der Waals surface area contributed by atoms with Crippen molar-refractivity contribution >= 4 is 12.6 Å². The van der Waals surface area contributed by atoms with Crippen molar-refractivity contribution in [1.29, 1.82) is 0 Å². The fourth-order valence-corrected chi connectivity index (χ4v) is 1.50. The van der Waals surface area contributed by atoms with Crippen LogP contribution in [0.4, 0.5) is 13.2 Å². The van der Waals surface area contributed by atoms with E-state index in [-0.39, 0.29) is 11.0 Å². The van der Waals surface area contributed by atoms with Crippen LogP contribution in [0.2, 0.25) is 0 Å². The van der Waals surface area contributed by atoms with Crippen LogP contribution in [-0.4, -0.2) is 22.2 Å². The zero-order valence-electron chi connectivity index (χ0n) is 8.94. The molecule has 0 bridgehead atoms. The molecule has 0 radical (unpaired) electrons. The van der Waals surface area contributed by atoms with E-state index in [2.05, 4.69) is 4.98 Å². The minimum atomic E-state index is -1.81. The number of nitrogens with zero attached hydrogens (tertiary/aromatic N) is 1. The maximum absolute atomic E-state index is 13.5. The molecule has 0 fully saturated rings. The van der Waals surface area contributed by atoms with Crippen molar-refractivity contribution in [2.45, 2.75) is 0 Å². The summed E-state index contributed by atoms with van der Waals surface area (Å²) in [6.07, 6.45) is 0.750. The van der Waals surface area contributed by atoms with Crippen molar-refractivity contribution in [2.75, 3.05) is 0 Å². The van der Waals surface area contributed by atoms with E-state index >= 15 is 0 Å². The summed E-state index contributed by atoms with van der Waals surface area (Å²) in [5.74, 6) is -2.70. The van der Waals surface area contributed by atoms with Crippen molar-refractivity contribution in [3.63, 3.8) is 0 Å². The summed E-state index contributed by atoms with van der Waals surface area (Å²) in [5, 5.41) is 17.9. The molecule has 0 atom stereocenters. The molecule has 18 heavy (non-hydrogen) atoms. The lowest BCUT2D eigenvalue weighted by molar-refractivity contribution is 0.425. The van der Waals surface area contributed by atoms with Crippen LogP contribution in [0.1, 0.15) is 0 Å². The minimum absolute atomic E-state index is 0.0167. The molecular weight excluding hydrogens is 246 g/mol. The lowest BCUT2D eigenvalue weighted by atomic mass is 9.79. The Morgan fingerprint density at radius 3 is 2.33 bits per heavy atom. The third-order valence-corrected chi connectivity index (χ3v) is 2.35. The molecule has 2 aromatic rings. The standard InChI is InChI=1S/C11H7BF3NO2/c13-7-4-10(15)11(16-5-7)8-3-6(12(17)18)1-2-9(8)14/h1-5,17-18H. The molecule has 0 amide bonds. The van der Waals surface area contributed by atoms with Crippen molar-refractivity contribution in [3.05, 3.63) is 47.9 Å². The molecule has 0 saturated heterocycles. The molecule has 7 heteroatoms. The third kappa shape index (κ3) is 2.37. The van der Waals surface area contributed by atoms with Crippen LogP contribution in [0.3, 0.4) is 0 Å². The van der Waals surface area contributed by atoms with Gasteiger partial charge in [-0.05, 0) is 17.6 Å². The van der Waals surface area contributed by atoms with E-state index in [9.17, 15) is 13.2 Å². The first-order chi connectivity index (χ1) is 8.49. The summed E-state index contributed by atoms with van der Waals surface area (Å²) in [7, 11) is -1.81. The molecule has 2 rings (SSSR count). The molecule has 0 unspecified atom stereocenters. The van der Waals surface area contributed by atoms with Crippen LogP contribution < -0.4 is 5.46 Å². The summed E-state index contributed by atoms with van der Waals surface area (Å²) in [6.45, 7) is 0. The molecule has 0 aliphatic rings. The van der Waals surface area contributed by atoms with Gasteiger partial charge in [0.2, 0.25) is 0 Å². The predicted octanol–water partition coefficient (Wildman–Crippen LogP) is 0.846. The van der Waals surface area contributed by atoms with E-state index in [1.165, 1.54) is 0 Å². The fraction of sp³-hybridized carbons (Fsp3) is 0. The Morgan fingerprint density at radius 1 is 1.00 bits per heavy atom. The van der Waals surface area contributed by atoms with Gasteiger partial charge in [0.15, 0.2) is 5.82 Å². The third-order valence-electron chi connectivity index (χ3n) is 2.35. The van der Waals surface area contributed by atoms with Crippen LogP contribution in [0, 0.1) is 17.5 Å². The SMILES string of the molecule is OB(O)c1ccc(F)c(-c2ncc(F)cc2F)c1. The highest BCUT2D eigenvalue weighted by molar-refractivity contribution is 6.58. The Morgan fingerprint density at radius 2 is 1.72 bits per heavy atom. The highest BCUT2D eigenvalue weighted by atomic mass is 19.1. The smallest absolute Gasteiger partial charge is 0.423 e. The van der Waals surface area contributed by atoms with E-state index in [0.29, 0.717) is 6.07 Å². The van der Waals surface area contributed by atoms with Gasteiger partial charge in [-0.25, -0.2) is 13.2 Å². The highest BCUT2D eigenvalue weighted by Crippen LogP contribution is 2.22. The summed E-state index contributed by atoms with van der Waals surface area (Å²) in [5.41, 5.74) is -0.675. The summed E-state index contributed by atoms with van der Waals surface area (Å²) in [4.78, 5) is 3.46. The molecule has 0 aliphatic carbocycles. The van der Waals surface area contributed by atoms with Gasteiger partial charge in [-0.15, -0.1) is 0 Å². The number of aromatic nitrogens is 1. The van der Waals surface area contributed by atoms with E-state index in [1.54, 1.807) is 0 Å². The summed E-state index contributed by atoms with van der Waals surface area (Å²) >= 11 is 0. The molecule has 0 saturated carbocycles. The average Bonchev–Trinajstić information content (AvgIpc) is 2.30. The van der Waals surface area contributed by atoms with Crippen molar-refractivity contribution in [2.24, 2.45) is 0 Å². The Hall–Kier alpha value is -1.86. The molecule has 1 aromatic carbocycles. The quantitative estimate of drug-likeness (QED) is 0.780. The predicted molar refractivity (Wildman–Crippen MR) is 59.4 cm³/mol. The first-order valence-corrected chi connectivity index (χ1v) is 4.96. The average molecular weight is 253 g/mol. The van der Waals surface area contributed by atoms with E-state index in [1.807, 2.05) is 0 Å². The molecule has 0 spiro atoms. The van der Waals surface area contributed by atoms with Gasteiger partial charge < -0.3 is 10.0 Å². The maximum atomic E-state index is 13.5. The Labute approximate surface area is 101 Å². The number of benzene rings is 1. The van der Waals surface area contributed by atoms with E-state index < -0.39 is 30.3 Å². The monoisotopic (exact) mass is 253 g/mol. The second-order valence-corrected chi connectivity index (χ2v) is 3.60. The van der Waals surface area contributed by atoms with Crippen LogP contribution in [0.15, 0.2) is 30.5 Å². The number of rotatable bonds is 2. The topological polar surface area (TPSA) is 53.4 Å². The van der Waals surface area contributed by atoms with E-state index in [0.717, 1.165) is 24.4 Å². The van der Waals surface area contributed by atoms with Crippen LogP contribution in [0.5, 0.6) is 0 Å². The van der Waals surface area contributed by atoms with Crippen molar-refractivity contribution < 1.29 is 23.2 Å². The maximum Gasteiger partial charge on any atom is 0.488 e. The molecule has 0 aliphatic heterocycles. The largest absolute Gasteiger partial charge is 0.488 e. The molecule has 1 aromatic heterocycles. The zero-order chi connectivity index (χ0) is 13.3. The summed E-state index contributed by atoms with van der Waals surface area (Å²) < 4.78 is 39.7. The lowest BCUT2D eigenvalue weighted by Gasteiger charge is -2.07. The molecular formula is C11H7BF3NO2.